The van der Waals surface area contributed by atoms with Gasteiger partial charge in [0, 0.05) is 49.4 Å². The van der Waals surface area contributed by atoms with Gasteiger partial charge in [0.2, 0.25) is 0 Å². The third-order valence-electron chi connectivity index (χ3n) is 17.2. The van der Waals surface area contributed by atoms with Crippen molar-refractivity contribution in [3.63, 3.8) is 0 Å². The minimum absolute atomic E-state index is 0.0153. The van der Waals surface area contributed by atoms with E-state index in [-0.39, 0.29) is 55.2 Å². The lowest BCUT2D eigenvalue weighted by atomic mass is 10.0. The van der Waals surface area contributed by atoms with Crippen LogP contribution in [-0.2, 0) is 0 Å². The van der Waals surface area contributed by atoms with E-state index in [0.29, 0.717) is 22.5 Å². The van der Waals surface area contributed by atoms with Gasteiger partial charge in [-0.3, -0.25) is 0 Å². The number of fused-ring (bicyclic) bond motifs is 9. The maximum Gasteiger partial charge on any atom is 0.179 e. The Bertz CT molecular complexity index is 6240. The lowest BCUT2D eigenvalue weighted by molar-refractivity contribution is 1.13. The van der Waals surface area contributed by atoms with Crippen LogP contribution < -0.4 is 20.7 Å². The highest BCUT2D eigenvalue weighted by atomic mass is 28.3. The fraction of sp³-hybridized carbons (Fsp3) is 0. The molecule has 14 aromatic carbocycles. The fourth-order valence-corrected chi connectivity index (χ4v) is 18.2. The first-order valence-corrected chi connectivity index (χ1v) is 31.3. The molecule has 0 aliphatic carbocycles. The van der Waals surface area contributed by atoms with E-state index in [4.69, 9.17) is 2.74 Å². The van der Waals surface area contributed by atoms with Gasteiger partial charge in [-0.05, 0) is 138 Å². The summed E-state index contributed by atoms with van der Waals surface area (Å²) in [6.45, 7) is 0. The standard InChI is InChI=1S/C84H57N3Si/c1-5-24-58(25-6-1)61-30-21-35-70(52-61)88(69-33-11-4-12-34-69,71-36-22-31-62(53-71)59-26-7-2-8-27-59)72-37-23-32-63(54-72)65-50-67(86-79-42-17-13-38-73(79)74-39-14-18-43-80(74)86)56-68(51-65)87-82-45-20-16-41-76(82)78-57-66(47-49-84(78)87)85-81-44-19-15-40-75(81)77-55-64(46-48-83(77)85)60-28-9-3-10-29-60/h1-57H/i15D,16D,19D,20D,40D,41D,44D,45D,46D,47D,48D,49D,55D,57D. The Morgan fingerprint density at radius 1 is 0.216 bits per heavy atom. The second kappa shape index (κ2) is 21.0. The van der Waals surface area contributed by atoms with E-state index >= 15 is 0 Å². The van der Waals surface area contributed by atoms with Gasteiger partial charge in [-0.2, -0.15) is 0 Å². The molecule has 0 saturated carbocycles. The van der Waals surface area contributed by atoms with Crippen LogP contribution in [0.25, 0.3) is 127 Å². The predicted octanol–water partition coefficient (Wildman–Crippen LogP) is 19.0. The Morgan fingerprint density at radius 2 is 0.591 bits per heavy atom. The second-order valence-corrected chi connectivity index (χ2v) is 25.9. The Morgan fingerprint density at radius 3 is 1.11 bits per heavy atom. The zero-order valence-corrected chi connectivity index (χ0v) is 48.2. The predicted molar refractivity (Wildman–Crippen MR) is 375 cm³/mol. The number of para-hydroxylation sites is 4. The van der Waals surface area contributed by atoms with E-state index < -0.39 is 92.3 Å². The highest BCUT2D eigenvalue weighted by Gasteiger charge is 2.42. The summed E-state index contributed by atoms with van der Waals surface area (Å²) in [6.07, 6.45) is 0. The molecule has 0 unspecified atom stereocenters. The maximum atomic E-state index is 10.6. The molecule has 412 valence electrons. The average Bonchev–Trinajstić information content (AvgIpc) is 1.51. The quantitative estimate of drug-likeness (QED) is 0.0906. The average molecular weight is 1150 g/mol. The van der Waals surface area contributed by atoms with E-state index in [1.54, 1.807) is 34.9 Å². The van der Waals surface area contributed by atoms with Gasteiger partial charge in [0.1, 0.15) is 0 Å². The van der Waals surface area contributed by atoms with E-state index in [2.05, 4.69) is 144 Å². The first kappa shape index (κ1) is 38.6. The molecule has 4 heteroatoms. The molecular formula is C84H57N3Si. The van der Waals surface area contributed by atoms with Crippen molar-refractivity contribution in [2.75, 3.05) is 0 Å². The third-order valence-corrected chi connectivity index (χ3v) is 22.0. The van der Waals surface area contributed by atoms with Crippen LogP contribution in [-0.4, -0.2) is 21.8 Å². The number of hydrogen-bond acceptors (Lipinski definition) is 0. The molecule has 0 bridgehead atoms. The summed E-state index contributed by atoms with van der Waals surface area (Å²) in [4.78, 5) is 0. The number of hydrogen-bond donors (Lipinski definition) is 0. The van der Waals surface area contributed by atoms with E-state index in [1.165, 1.54) is 0 Å². The summed E-state index contributed by atoms with van der Waals surface area (Å²) in [7, 11) is -3.46. The zero-order chi connectivity index (χ0) is 70.3. The molecule has 0 amide bonds. The van der Waals surface area contributed by atoms with Crippen LogP contribution in [0, 0.1) is 0 Å². The third kappa shape index (κ3) is 8.33. The van der Waals surface area contributed by atoms with Gasteiger partial charge in [-0.15, -0.1) is 0 Å². The molecule has 17 rings (SSSR count). The SMILES string of the molecule is [2H]c1c([2H])c([2H])c2c(c1[2H])c1c([2H])c(-n3c4c([2H])c([2H])c([2H])c([2H])c4c4c([2H])c(-c5ccccc5)c([2H])c([2H])c43)c([2H])c([2H])c1n2-c1cc(-c2cccc([Si](c3ccccc3)(c3cccc(-c4ccccc4)c3)c3cccc(-c4ccccc4)c3)c2)cc(-n2c3ccccc3c3ccccc32)c1. The molecule has 0 N–H and O–H groups in total. The first-order chi connectivity index (χ1) is 49.5. The molecule has 0 aliphatic heterocycles. The molecule has 0 aliphatic rings. The monoisotopic (exact) mass is 1150 g/mol. The van der Waals surface area contributed by atoms with Crippen LogP contribution in [0.2, 0.25) is 0 Å². The number of nitrogens with zero attached hydrogens (tertiary/aromatic N) is 3. The van der Waals surface area contributed by atoms with Crippen molar-refractivity contribution < 1.29 is 19.2 Å². The topological polar surface area (TPSA) is 14.8 Å². The van der Waals surface area contributed by atoms with E-state index in [0.717, 1.165) is 74.9 Å². The van der Waals surface area contributed by atoms with Crippen molar-refractivity contribution in [2.24, 2.45) is 0 Å². The highest BCUT2D eigenvalue weighted by Crippen LogP contribution is 2.41. The van der Waals surface area contributed by atoms with Gasteiger partial charge in [0.15, 0.2) is 8.07 Å². The summed E-state index contributed by atoms with van der Waals surface area (Å²) < 4.78 is 141. The van der Waals surface area contributed by atoms with Crippen molar-refractivity contribution in [3.8, 4) is 61.6 Å². The van der Waals surface area contributed by atoms with Crippen LogP contribution in [0.15, 0.2) is 345 Å². The molecular weight excluding hydrogens is 1080 g/mol. The highest BCUT2D eigenvalue weighted by molar-refractivity contribution is 7.20. The summed E-state index contributed by atoms with van der Waals surface area (Å²) in [6, 6.07) is 80.5. The summed E-state index contributed by atoms with van der Waals surface area (Å²) in [5.74, 6) is 0. The number of benzene rings is 14. The largest absolute Gasteiger partial charge is 0.309 e. The van der Waals surface area contributed by atoms with Gasteiger partial charge in [0.25, 0.3) is 0 Å². The summed E-state index contributed by atoms with van der Waals surface area (Å²) in [5.41, 5.74) is 7.48. The Hall–Kier alpha value is -11.3. The van der Waals surface area contributed by atoms with E-state index in [1.807, 2.05) is 91.0 Å². The molecule has 88 heavy (non-hydrogen) atoms. The van der Waals surface area contributed by atoms with Crippen LogP contribution in [0.5, 0.6) is 0 Å². The number of rotatable bonds is 11. The Balaban J connectivity index is 0.990. The van der Waals surface area contributed by atoms with Gasteiger partial charge < -0.3 is 13.7 Å². The molecule has 3 aromatic heterocycles. The van der Waals surface area contributed by atoms with Crippen LogP contribution in [0.1, 0.15) is 19.2 Å². The van der Waals surface area contributed by atoms with Gasteiger partial charge in [-0.1, -0.05) is 273 Å². The van der Waals surface area contributed by atoms with Gasteiger partial charge in [-0.25, -0.2) is 0 Å². The molecule has 3 nitrogen and oxygen atoms in total. The molecule has 0 radical (unpaired) electrons. The molecule has 0 atom stereocenters. The van der Waals surface area contributed by atoms with Crippen molar-refractivity contribution in [2.45, 2.75) is 0 Å². The number of aromatic nitrogens is 3. The van der Waals surface area contributed by atoms with Crippen LogP contribution in [0.3, 0.4) is 0 Å². The van der Waals surface area contributed by atoms with Crippen molar-refractivity contribution in [3.05, 3.63) is 345 Å². The van der Waals surface area contributed by atoms with Crippen LogP contribution >= 0.6 is 0 Å². The maximum absolute atomic E-state index is 10.6. The molecule has 3 heterocycles. The summed E-state index contributed by atoms with van der Waals surface area (Å²) >= 11 is 0. The smallest absolute Gasteiger partial charge is 0.179 e. The first-order valence-electron chi connectivity index (χ1n) is 36.3. The normalized spacial score (nSPS) is 14.1. The van der Waals surface area contributed by atoms with Gasteiger partial charge >= 0.3 is 0 Å². The summed E-state index contributed by atoms with van der Waals surface area (Å²) in [5, 5.41) is 5.69. The van der Waals surface area contributed by atoms with E-state index in [9.17, 15) is 16.4 Å². The molecule has 17 aromatic rings. The Labute approximate surface area is 531 Å². The fourth-order valence-electron chi connectivity index (χ4n) is 13.3. The van der Waals surface area contributed by atoms with Crippen molar-refractivity contribution in [1.29, 1.82) is 0 Å². The lowest BCUT2D eigenvalue weighted by Gasteiger charge is -2.35. The molecule has 0 spiro atoms. The van der Waals surface area contributed by atoms with Crippen LogP contribution in [0.4, 0.5) is 0 Å². The lowest BCUT2D eigenvalue weighted by Crippen LogP contribution is -2.74. The Kier molecular flexibility index (Phi) is 9.23. The minimum Gasteiger partial charge on any atom is -0.309 e. The molecule has 0 fully saturated rings. The van der Waals surface area contributed by atoms with Gasteiger partial charge in [0.05, 0.1) is 52.3 Å². The minimum atomic E-state index is -3.46. The second-order valence-electron chi connectivity index (χ2n) is 22.1. The molecule has 0 saturated heterocycles. The zero-order valence-electron chi connectivity index (χ0n) is 61.2. The van der Waals surface area contributed by atoms with Crippen molar-refractivity contribution >= 4 is 94.2 Å². The van der Waals surface area contributed by atoms with Crippen molar-refractivity contribution in [1.82, 2.24) is 13.7 Å².